The zero-order chi connectivity index (χ0) is 16.6. The first kappa shape index (κ1) is 15.1. The average molecular weight is 344 g/mol. The van der Waals surface area contributed by atoms with E-state index in [0.29, 0.717) is 25.4 Å². The number of ether oxygens (including phenoxy) is 1. The molecule has 1 aromatic carbocycles. The van der Waals surface area contributed by atoms with Gasteiger partial charge in [0.1, 0.15) is 6.10 Å². The van der Waals surface area contributed by atoms with Gasteiger partial charge in [0.2, 0.25) is 5.88 Å². The smallest absolute Gasteiger partial charge is 0.260 e. The molecule has 3 heterocycles. The Hall–Kier alpha value is -2.45. The minimum Gasteiger partial charge on any atom is -0.473 e. The molecular formula is C16H16N4O3S. The first-order valence-electron chi connectivity index (χ1n) is 7.64. The van der Waals surface area contributed by atoms with Gasteiger partial charge in [-0.25, -0.2) is 18.4 Å². The molecule has 1 aliphatic heterocycles. The highest BCUT2D eigenvalue weighted by molar-refractivity contribution is 7.89. The van der Waals surface area contributed by atoms with Crippen LogP contribution in [0.5, 0.6) is 5.88 Å². The number of hydrogen-bond acceptors (Lipinski definition) is 5. The van der Waals surface area contributed by atoms with Crippen molar-refractivity contribution >= 4 is 20.9 Å². The summed E-state index contributed by atoms with van der Waals surface area (Å²) in [5, 5.41) is 1.15. The van der Waals surface area contributed by atoms with E-state index in [4.69, 9.17) is 4.74 Å². The van der Waals surface area contributed by atoms with Crippen LogP contribution in [0.4, 0.5) is 0 Å². The van der Waals surface area contributed by atoms with Crippen molar-refractivity contribution in [3.63, 3.8) is 0 Å². The second kappa shape index (κ2) is 5.88. The molecule has 1 N–H and O–H groups in total. The molecule has 4 rings (SSSR count). The van der Waals surface area contributed by atoms with Gasteiger partial charge in [-0.2, -0.15) is 4.31 Å². The number of fused-ring (bicyclic) bond motifs is 1. The maximum absolute atomic E-state index is 12.5. The van der Waals surface area contributed by atoms with E-state index in [1.807, 2.05) is 36.4 Å². The van der Waals surface area contributed by atoms with Crippen LogP contribution in [-0.2, 0) is 10.0 Å². The molecule has 0 bridgehead atoms. The van der Waals surface area contributed by atoms with E-state index in [-0.39, 0.29) is 11.1 Å². The van der Waals surface area contributed by atoms with Crippen molar-refractivity contribution < 1.29 is 13.2 Å². The van der Waals surface area contributed by atoms with Crippen LogP contribution in [0.15, 0.2) is 53.9 Å². The van der Waals surface area contributed by atoms with Gasteiger partial charge in [-0.3, -0.25) is 0 Å². The molecule has 1 fully saturated rings. The lowest BCUT2D eigenvalue weighted by Crippen LogP contribution is -2.31. The Labute approximate surface area is 139 Å². The molecule has 7 nitrogen and oxygen atoms in total. The lowest BCUT2D eigenvalue weighted by molar-refractivity contribution is 0.207. The monoisotopic (exact) mass is 344 g/mol. The Balaban J connectivity index is 1.48. The van der Waals surface area contributed by atoms with E-state index >= 15 is 0 Å². The molecule has 0 radical (unpaired) electrons. The molecular weight excluding hydrogens is 328 g/mol. The summed E-state index contributed by atoms with van der Waals surface area (Å²) < 4.78 is 32.2. The molecule has 0 aliphatic carbocycles. The Morgan fingerprint density at radius 2 is 2.08 bits per heavy atom. The fourth-order valence-corrected chi connectivity index (χ4v) is 4.20. The molecule has 0 spiro atoms. The molecule has 124 valence electrons. The van der Waals surface area contributed by atoms with Crippen molar-refractivity contribution in [2.75, 3.05) is 13.1 Å². The maximum Gasteiger partial charge on any atom is 0.260 e. The number of nitrogens with one attached hydrogen (secondary N) is 1. The van der Waals surface area contributed by atoms with Crippen molar-refractivity contribution in [1.29, 1.82) is 0 Å². The van der Waals surface area contributed by atoms with Crippen molar-refractivity contribution in [3.05, 3.63) is 48.9 Å². The third-order valence-corrected chi connectivity index (χ3v) is 5.85. The van der Waals surface area contributed by atoms with Gasteiger partial charge in [0.05, 0.1) is 24.6 Å². The summed E-state index contributed by atoms with van der Waals surface area (Å²) in [5.41, 5.74) is 0.856. The zero-order valence-electron chi connectivity index (χ0n) is 12.8. The van der Waals surface area contributed by atoms with Crippen LogP contribution >= 0.6 is 0 Å². The second-order valence-corrected chi connectivity index (χ2v) is 7.56. The molecule has 24 heavy (non-hydrogen) atoms. The summed E-state index contributed by atoms with van der Waals surface area (Å²) in [5.74, 6) is 0.513. The van der Waals surface area contributed by atoms with Crippen molar-refractivity contribution in [2.24, 2.45) is 0 Å². The fraction of sp³-hybridized carbons (Fsp3) is 0.250. The molecule has 1 saturated heterocycles. The van der Waals surface area contributed by atoms with E-state index in [0.717, 1.165) is 10.9 Å². The molecule has 1 unspecified atom stereocenters. The van der Waals surface area contributed by atoms with Gasteiger partial charge in [0, 0.05) is 18.0 Å². The van der Waals surface area contributed by atoms with Crippen LogP contribution in [0.1, 0.15) is 6.42 Å². The maximum atomic E-state index is 12.5. The minimum absolute atomic E-state index is 0.104. The van der Waals surface area contributed by atoms with Crippen molar-refractivity contribution in [3.8, 4) is 5.88 Å². The number of sulfonamides is 1. The van der Waals surface area contributed by atoms with E-state index < -0.39 is 10.0 Å². The minimum atomic E-state index is -3.54. The predicted molar refractivity (Wildman–Crippen MR) is 88.1 cm³/mol. The summed E-state index contributed by atoms with van der Waals surface area (Å²) >= 11 is 0. The van der Waals surface area contributed by atoms with Crippen LogP contribution in [0.2, 0.25) is 0 Å². The highest BCUT2D eigenvalue weighted by Gasteiger charge is 2.34. The number of aromatic nitrogens is 3. The van der Waals surface area contributed by atoms with E-state index in [9.17, 15) is 8.42 Å². The highest BCUT2D eigenvalue weighted by atomic mass is 32.2. The van der Waals surface area contributed by atoms with Crippen molar-refractivity contribution in [1.82, 2.24) is 19.3 Å². The van der Waals surface area contributed by atoms with Crippen LogP contribution in [0.25, 0.3) is 10.9 Å². The normalized spacial score (nSPS) is 18.9. The summed E-state index contributed by atoms with van der Waals surface area (Å²) in [4.78, 5) is 10.9. The first-order valence-corrected chi connectivity index (χ1v) is 9.08. The predicted octanol–water partition coefficient (Wildman–Crippen LogP) is 1.80. The SMILES string of the molecule is O=S(=O)(c1cnc[nH]1)N1CCC(Oc2ccc3ccccc3n2)C1. The number of rotatable bonds is 4. The van der Waals surface area contributed by atoms with Gasteiger partial charge >= 0.3 is 0 Å². The Morgan fingerprint density at radius 3 is 2.92 bits per heavy atom. The zero-order valence-corrected chi connectivity index (χ0v) is 13.6. The number of aromatic amines is 1. The van der Waals surface area contributed by atoms with Crippen LogP contribution in [0.3, 0.4) is 0 Å². The number of benzene rings is 1. The molecule has 0 amide bonds. The first-order chi connectivity index (χ1) is 11.6. The number of imidazole rings is 1. The van der Waals surface area contributed by atoms with E-state index in [2.05, 4.69) is 15.0 Å². The number of pyridine rings is 1. The van der Waals surface area contributed by atoms with Gasteiger partial charge in [0.25, 0.3) is 10.0 Å². The van der Waals surface area contributed by atoms with Crippen LogP contribution < -0.4 is 4.74 Å². The molecule has 8 heteroatoms. The summed E-state index contributed by atoms with van der Waals surface area (Å²) in [7, 11) is -3.54. The second-order valence-electron chi connectivity index (χ2n) is 5.65. The van der Waals surface area contributed by atoms with Gasteiger partial charge < -0.3 is 9.72 Å². The Morgan fingerprint density at radius 1 is 1.21 bits per heavy atom. The molecule has 0 saturated carbocycles. The standard InChI is InChI=1S/C16H16N4O3S/c21-24(22,16-9-17-11-18-16)20-8-7-13(10-20)23-15-6-5-12-3-1-2-4-14(12)19-15/h1-6,9,11,13H,7-8,10H2,(H,17,18). The summed E-state index contributed by atoms with van der Waals surface area (Å²) in [6, 6.07) is 11.6. The van der Waals surface area contributed by atoms with Gasteiger partial charge in [0.15, 0.2) is 5.03 Å². The summed E-state index contributed by atoms with van der Waals surface area (Å²) in [6.45, 7) is 0.718. The Kier molecular flexibility index (Phi) is 3.70. The van der Waals surface area contributed by atoms with E-state index in [1.165, 1.54) is 16.8 Å². The molecule has 1 aliphatic rings. The van der Waals surface area contributed by atoms with Gasteiger partial charge in [-0.1, -0.05) is 18.2 Å². The molecule has 1 atom stereocenters. The van der Waals surface area contributed by atoms with Gasteiger partial charge in [-0.05, 0) is 18.6 Å². The Bertz CT molecular complexity index is 956. The lowest BCUT2D eigenvalue weighted by atomic mass is 10.2. The number of H-pyrrole nitrogens is 1. The third-order valence-electron chi connectivity index (χ3n) is 4.06. The van der Waals surface area contributed by atoms with Gasteiger partial charge in [-0.15, -0.1) is 0 Å². The average Bonchev–Trinajstić information content (AvgIpc) is 3.27. The molecule has 3 aromatic rings. The van der Waals surface area contributed by atoms with Crippen LogP contribution in [-0.4, -0.2) is 46.9 Å². The number of nitrogens with zero attached hydrogens (tertiary/aromatic N) is 3. The number of hydrogen-bond donors (Lipinski definition) is 1. The largest absolute Gasteiger partial charge is 0.473 e. The summed E-state index contributed by atoms with van der Waals surface area (Å²) in [6.07, 6.45) is 3.09. The quantitative estimate of drug-likeness (QED) is 0.780. The third kappa shape index (κ3) is 2.74. The highest BCUT2D eigenvalue weighted by Crippen LogP contribution is 2.23. The topological polar surface area (TPSA) is 88.2 Å². The number of para-hydroxylation sites is 1. The van der Waals surface area contributed by atoms with Crippen molar-refractivity contribution in [2.45, 2.75) is 17.6 Å². The lowest BCUT2D eigenvalue weighted by Gasteiger charge is -2.16. The molecule has 2 aromatic heterocycles. The van der Waals surface area contributed by atoms with E-state index in [1.54, 1.807) is 0 Å². The van der Waals surface area contributed by atoms with Crippen LogP contribution in [0, 0.1) is 0 Å². The fourth-order valence-electron chi connectivity index (χ4n) is 2.82.